The molecule has 1 aliphatic heterocycles. The van der Waals surface area contributed by atoms with Crippen LogP contribution in [0.3, 0.4) is 0 Å². The molecule has 0 aliphatic carbocycles. The molecule has 126 valence electrons. The van der Waals surface area contributed by atoms with Crippen molar-refractivity contribution in [3.05, 3.63) is 42.2 Å². The molecule has 24 heavy (non-hydrogen) atoms. The largest absolute Gasteiger partial charge is 0.481 e. The molecule has 1 aromatic heterocycles. The molecule has 7 heteroatoms. The van der Waals surface area contributed by atoms with Crippen LogP contribution in [0.25, 0.3) is 5.69 Å². The standard InChI is InChI=1S/C17H20N4O3/c22-16(23)10-9-13-6-4-5-11-20(13)17(24)15-12-18-21(19-15)14-7-2-1-3-8-14/h1-3,7-8,12-13H,4-6,9-11H2,(H,22,23). The Morgan fingerprint density at radius 2 is 2.00 bits per heavy atom. The number of aromatic nitrogens is 3. The molecule has 7 nitrogen and oxygen atoms in total. The summed E-state index contributed by atoms with van der Waals surface area (Å²) < 4.78 is 0. The number of para-hydroxylation sites is 1. The van der Waals surface area contributed by atoms with Gasteiger partial charge in [0, 0.05) is 19.0 Å². The summed E-state index contributed by atoms with van der Waals surface area (Å²) >= 11 is 0. The maximum atomic E-state index is 12.8. The molecule has 1 amide bonds. The number of rotatable bonds is 5. The highest BCUT2D eigenvalue weighted by molar-refractivity contribution is 5.92. The van der Waals surface area contributed by atoms with Gasteiger partial charge in [0.1, 0.15) is 0 Å². The molecule has 0 bridgehead atoms. The van der Waals surface area contributed by atoms with E-state index >= 15 is 0 Å². The van der Waals surface area contributed by atoms with E-state index in [1.54, 1.807) is 4.90 Å². The number of aliphatic carboxylic acids is 1. The summed E-state index contributed by atoms with van der Waals surface area (Å²) in [6, 6.07) is 9.36. The fraction of sp³-hybridized carbons (Fsp3) is 0.412. The van der Waals surface area contributed by atoms with Gasteiger partial charge in [-0.3, -0.25) is 9.59 Å². The van der Waals surface area contributed by atoms with E-state index < -0.39 is 5.97 Å². The lowest BCUT2D eigenvalue weighted by molar-refractivity contribution is -0.137. The van der Waals surface area contributed by atoms with Crippen LogP contribution in [-0.2, 0) is 4.79 Å². The van der Waals surface area contributed by atoms with E-state index in [1.807, 2.05) is 30.3 Å². The maximum Gasteiger partial charge on any atom is 0.303 e. The van der Waals surface area contributed by atoms with E-state index in [0.717, 1.165) is 24.9 Å². The molecule has 1 aliphatic rings. The lowest BCUT2D eigenvalue weighted by Gasteiger charge is -2.35. The summed E-state index contributed by atoms with van der Waals surface area (Å²) in [7, 11) is 0. The third kappa shape index (κ3) is 3.61. The molecule has 2 aromatic rings. The zero-order chi connectivity index (χ0) is 16.9. The minimum Gasteiger partial charge on any atom is -0.481 e. The first kappa shape index (κ1) is 16.2. The Balaban J connectivity index is 1.74. The average Bonchev–Trinajstić information content (AvgIpc) is 3.10. The van der Waals surface area contributed by atoms with E-state index in [0.29, 0.717) is 18.7 Å². The maximum absolute atomic E-state index is 12.8. The normalized spacial score (nSPS) is 17.7. The van der Waals surface area contributed by atoms with Gasteiger partial charge in [0.25, 0.3) is 5.91 Å². The number of benzene rings is 1. The van der Waals surface area contributed by atoms with Crippen molar-refractivity contribution in [2.24, 2.45) is 0 Å². The fourth-order valence-corrected chi connectivity index (χ4v) is 3.05. The molecule has 1 saturated heterocycles. The number of carbonyl (C=O) groups excluding carboxylic acids is 1. The van der Waals surface area contributed by atoms with Gasteiger partial charge in [-0.15, -0.1) is 5.10 Å². The molecular formula is C17H20N4O3. The summed E-state index contributed by atoms with van der Waals surface area (Å²) in [6.45, 7) is 0.640. The Bertz CT molecular complexity index is 714. The van der Waals surface area contributed by atoms with E-state index in [4.69, 9.17) is 5.11 Å². The molecular weight excluding hydrogens is 308 g/mol. The van der Waals surface area contributed by atoms with Gasteiger partial charge in [-0.1, -0.05) is 18.2 Å². The monoisotopic (exact) mass is 328 g/mol. The zero-order valence-electron chi connectivity index (χ0n) is 13.3. The van der Waals surface area contributed by atoms with Gasteiger partial charge < -0.3 is 10.0 Å². The Labute approximate surface area is 139 Å². The van der Waals surface area contributed by atoms with Crippen LogP contribution in [-0.4, -0.2) is 49.5 Å². The SMILES string of the molecule is O=C(O)CCC1CCCCN1C(=O)c1cnn(-c2ccccc2)n1. The number of carboxylic acid groups (broad SMARTS) is 1. The van der Waals surface area contributed by atoms with Crippen molar-refractivity contribution in [2.45, 2.75) is 38.1 Å². The number of nitrogens with zero attached hydrogens (tertiary/aromatic N) is 4. The summed E-state index contributed by atoms with van der Waals surface area (Å²) in [5.74, 6) is -1.00. The molecule has 0 saturated carbocycles. The van der Waals surface area contributed by atoms with Crippen LogP contribution in [0.4, 0.5) is 0 Å². The van der Waals surface area contributed by atoms with Crippen LogP contribution in [0.15, 0.2) is 36.5 Å². The van der Waals surface area contributed by atoms with E-state index in [1.165, 1.54) is 11.0 Å². The van der Waals surface area contributed by atoms with Gasteiger partial charge in [-0.25, -0.2) is 0 Å². The van der Waals surface area contributed by atoms with Crippen LogP contribution < -0.4 is 0 Å². The third-order valence-electron chi connectivity index (χ3n) is 4.28. The fourth-order valence-electron chi connectivity index (χ4n) is 3.05. The summed E-state index contributed by atoms with van der Waals surface area (Å²) in [5.41, 5.74) is 1.08. The van der Waals surface area contributed by atoms with Crippen LogP contribution >= 0.6 is 0 Å². The first-order valence-electron chi connectivity index (χ1n) is 8.15. The van der Waals surface area contributed by atoms with Crippen molar-refractivity contribution in [3.8, 4) is 5.69 Å². The predicted molar refractivity (Wildman–Crippen MR) is 86.9 cm³/mol. The highest BCUT2D eigenvalue weighted by Crippen LogP contribution is 2.22. The molecule has 2 heterocycles. The van der Waals surface area contributed by atoms with Crippen LogP contribution in [0.5, 0.6) is 0 Å². The highest BCUT2D eigenvalue weighted by atomic mass is 16.4. The second-order valence-electron chi connectivity index (χ2n) is 5.94. The minimum absolute atomic E-state index is 0.0378. The highest BCUT2D eigenvalue weighted by Gasteiger charge is 2.29. The van der Waals surface area contributed by atoms with Gasteiger partial charge in [-0.2, -0.15) is 9.90 Å². The van der Waals surface area contributed by atoms with Crippen molar-refractivity contribution in [3.63, 3.8) is 0 Å². The minimum atomic E-state index is -0.831. The van der Waals surface area contributed by atoms with Crippen molar-refractivity contribution < 1.29 is 14.7 Å². The second kappa shape index (κ2) is 7.25. The number of likely N-dealkylation sites (tertiary alicyclic amines) is 1. The number of hydrogen-bond donors (Lipinski definition) is 1. The summed E-state index contributed by atoms with van der Waals surface area (Å²) in [5, 5.41) is 17.3. The summed E-state index contributed by atoms with van der Waals surface area (Å²) in [4.78, 5) is 26.8. The van der Waals surface area contributed by atoms with Gasteiger partial charge in [-0.05, 0) is 37.8 Å². The van der Waals surface area contributed by atoms with Gasteiger partial charge >= 0.3 is 5.97 Å². The van der Waals surface area contributed by atoms with Crippen LogP contribution in [0, 0.1) is 0 Å². The topological polar surface area (TPSA) is 88.3 Å². The Morgan fingerprint density at radius 3 is 2.75 bits per heavy atom. The van der Waals surface area contributed by atoms with E-state index in [-0.39, 0.29) is 18.4 Å². The van der Waals surface area contributed by atoms with Crippen molar-refractivity contribution >= 4 is 11.9 Å². The van der Waals surface area contributed by atoms with E-state index in [2.05, 4.69) is 10.2 Å². The van der Waals surface area contributed by atoms with E-state index in [9.17, 15) is 9.59 Å². The third-order valence-corrected chi connectivity index (χ3v) is 4.28. The van der Waals surface area contributed by atoms with Crippen LogP contribution in [0.1, 0.15) is 42.6 Å². The second-order valence-corrected chi connectivity index (χ2v) is 5.94. The first-order chi connectivity index (χ1) is 11.6. The molecule has 0 spiro atoms. The number of carboxylic acids is 1. The van der Waals surface area contributed by atoms with Gasteiger partial charge in [0.2, 0.25) is 0 Å². The number of amides is 1. The van der Waals surface area contributed by atoms with Gasteiger partial charge in [0.15, 0.2) is 5.69 Å². The molecule has 1 atom stereocenters. The van der Waals surface area contributed by atoms with Crippen molar-refractivity contribution in [1.82, 2.24) is 19.9 Å². The van der Waals surface area contributed by atoms with Crippen LogP contribution in [0.2, 0.25) is 0 Å². The first-order valence-corrected chi connectivity index (χ1v) is 8.15. The smallest absolute Gasteiger partial charge is 0.303 e. The lowest BCUT2D eigenvalue weighted by atomic mass is 9.97. The quantitative estimate of drug-likeness (QED) is 0.908. The Kier molecular flexibility index (Phi) is 4.88. The summed E-state index contributed by atoms with van der Waals surface area (Å²) in [6.07, 6.45) is 4.82. The number of piperidine rings is 1. The number of carbonyl (C=O) groups is 2. The molecule has 0 radical (unpaired) electrons. The average molecular weight is 328 g/mol. The molecule has 3 rings (SSSR count). The van der Waals surface area contributed by atoms with Crippen molar-refractivity contribution in [2.75, 3.05) is 6.54 Å². The molecule has 1 fully saturated rings. The molecule has 1 aromatic carbocycles. The Morgan fingerprint density at radius 1 is 1.21 bits per heavy atom. The number of hydrogen-bond acceptors (Lipinski definition) is 4. The lowest BCUT2D eigenvalue weighted by Crippen LogP contribution is -2.44. The van der Waals surface area contributed by atoms with Gasteiger partial charge in [0.05, 0.1) is 11.9 Å². The van der Waals surface area contributed by atoms with Crippen molar-refractivity contribution in [1.29, 1.82) is 0 Å². The zero-order valence-corrected chi connectivity index (χ0v) is 13.3. The molecule has 1 unspecified atom stereocenters. The predicted octanol–water partition coefficient (Wildman–Crippen LogP) is 2.13. The molecule has 1 N–H and O–H groups in total. The Hall–Kier alpha value is -2.70.